The predicted octanol–water partition coefficient (Wildman–Crippen LogP) is 3.88. The van der Waals surface area contributed by atoms with Gasteiger partial charge in [-0.3, -0.25) is 4.79 Å². The molecule has 4 fully saturated rings. The van der Waals surface area contributed by atoms with Gasteiger partial charge in [0.25, 0.3) is 0 Å². The number of amides is 3. The van der Waals surface area contributed by atoms with Gasteiger partial charge in [0.15, 0.2) is 0 Å². The zero-order valence-electron chi connectivity index (χ0n) is 16.3. The fraction of sp³-hybridized carbons (Fsp3) is 0.619. The van der Waals surface area contributed by atoms with Crippen LogP contribution in [0.5, 0.6) is 5.75 Å². The summed E-state index contributed by atoms with van der Waals surface area (Å²) in [6.45, 7) is -2.65. The van der Waals surface area contributed by atoms with Crippen LogP contribution in [0.4, 0.5) is 19.3 Å². The average molecular weight is 407 g/mol. The maximum atomic E-state index is 12.4. The van der Waals surface area contributed by atoms with Crippen molar-refractivity contribution in [2.75, 3.05) is 11.9 Å². The third kappa shape index (κ3) is 4.97. The number of benzene rings is 1. The lowest BCUT2D eigenvalue weighted by atomic mass is 9.53. The Morgan fingerprint density at radius 3 is 2.17 bits per heavy atom. The number of nitrogens with one attached hydrogen (secondary N) is 3. The maximum Gasteiger partial charge on any atom is 0.387 e. The van der Waals surface area contributed by atoms with E-state index in [4.69, 9.17) is 0 Å². The summed E-state index contributed by atoms with van der Waals surface area (Å²) in [6.07, 6.45) is 7.33. The van der Waals surface area contributed by atoms with E-state index in [1.807, 2.05) is 0 Å². The molecule has 0 spiro atoms. The first-order valence-electron chi connectivity index (χ1n) is 10.3. The van der Waals surface area contributed by atoms with Crippen LogP contribution < -0.4 is 20.7 Å². The van der Waals surface area contributed by atoms with Crippen molar-refractivity contribution >= 4 is 17.6 Å². The molecule has 4 aliphatic rings. The molecule has 3 N–H and O–H groups in total. The fourth-order valence-corrected chi connectivity index (χ4v) is 5.78. The van der Waals surface area contributed by atoms with Crippen LogP contribution >= 0.6 is 0 Å². The Morgan fingerprint density at radius 2 is 1.62 bits per heavy atom. The monoisotopic (exact) mass is 407 g/mol. The highest BCUT2D eigenvalue weighted by Gasteiger charge is 2.51. The van der Waals surface area contributed by atoms with Gasteiger partial charge in [0.2, 0.25) is 5.91 Å². The number of hydrogen-bond acceptors (Lipinski definition) is 3. The zero-order valence-corrected chi connectivity index (χ0v) is 16.3. The molecule has 3 amide bonds. The van der Waals surface area contributed by atoms with E-state index in [0.717, 1.165) is 37.0 Å². The predicted molar refractivity (Wildman–Crippen MR) is 104 cm³/mol. The van der Waals surface area contributed by atoms with Crippen molar-refractivity contribution in [2.45, 2.75) is 57.1 Å². The number of rotatable bonds is 7. The van der Waals surface area contributed by atoms with Crippen LogP contribution in [0.2, 0.25) is 0 Å². The molecule has 1 aromatic rings. The summed E-state index contributed by atoms with van der Waals surface area (Å²) in [5.74, 6) is 2.03. The second-order valence-corrected chi connectivity index (χ2v) is 8.78. The highest BCUT2D eigenvalue weighted by molar-refractivity contribution is 5.91. The van der Waals surface area contributed by atoms with Crippen molar-refractivity contribution in [2.24, 2.45) is 17.8 Å². The van der Waals surface area contributed by atoms with E-state index in [1.165, 1.54) is 43.5 Å². The van der Waals surface area contributed by atoms with Crippen LogP contribution in [0.3, 0.4) is 0 Å². The summed E-state index contributed by atoms with van der Waals surface area (Å²) in [6, 6.07) is 5.50. The molecule has 0 unspecified atom stereocenters. The van der Waals surface area contributed by atoms with Gasteiger partial charge in [-0.05, 0) is 80.5 Å². The van der Waals surface area contributed by atoms with Crippen molar-refractivity contribution in [3.63, 3.8) is 0 Å². The quantitative estimate of drug-likeness (QED) is 0.642. The van der Waals surface area contributed by atoms with E-state index in [9.17, 15) is 18.4 Å². The normalized spacial score (nSPS) is 29.6. The van der Waals surface area contributed by atoms with Crippen LogP contribution in [0.1, 0.15) is 44.9 Å². The molecule has 5 rings (SSSR count). The molecule has 0 radical (unpaired) electrons. The number of urea groups is 1. The van der Waals surface area contributed by atoms with Gasteiger partial charge in [0, 0.05) is 24.2 Å². The highest BCUT2D eigenvalue weighted by Crippen LogP contribution is 2.55. The van der Waals surface area contributed by atoms with Gasteiger partial charge in [0.05, 0.1) is 0 Å². The smallest absolute Gasteiger partial charge is 0.387 e. The summed E-state index contributed by atoms with van der Waals surface area (Å²) < 4.78 is 28.5. The number of hydrogen-bond donors (Lipinski definition) is 3. The molecule has 8 heteroatoms. The minimum atomic E-state index is -2.88. The van der Waals surface area contributed by atoms with Crippen LogP contribution in [0.15, 0.2) is 24.3 Å². The van der Waals surface area contributed by atoms with Crippen LogP contribution in [-0.4, -0.2) is 30.6 Å². The Kier molecular flexibility index (Phi) is 5.61. The van der Waals surface area contributed by atoms with Gasteiger partial charge in [-0.25, -0.2) is 4.79 Å². The van der Waals surface area contributed by atoms with Gasteiger partial charge in [-0.1, -0.05) is 0 Å². The summed E-state index contributed by atoms with van der Waals surface area (Å²) in [7, 11) is 0. The number of carbonyl (C=O) groups excluding carboxylic acids is 2. The molecule has 1 aromatic carbocycles. The standard InChI is InChI=1S/C21H27F2N3O3/c22-19(23)29-17-3-1-16(2-4-17)25-18(27)5-6-24-20(28)26-21-10-13-7-14(11-21)9-15(8-13)12-21/h1-4,13-15,19H,5-12H2,(H,25,27)(H2,24,26,28). The maximum absolute atomic E-state index is 12.4. The van der Waals surface area contributed by atoms with E-state index in [-0.39, 0.29) is 36.2 Å². The largest absolute Gasteiger partial charge is 0.435 e. The molecule has 0 aromatic heterocycles. The number of ether oxygens (including phenoxy) is 1. The number of carbonyl (C=O) groups is 2. The van der Waals surface area contributed by atoms with Gasteiger partial charge < -0.3 is 20.7 Å². The van der Waals surface area contributed by atoms with Gasteiger partial charge in [-0.2, -0.15) is 8.78 Å². The first-order valence-corrected chi connectivity index (χ1v) is 10.3. The molecular formula is C21H27F2N3O3. The third-order valence-electron chi connectivity index (χ3n) is 6.42. The van der Waals surface area contributed by atoms with E-state index in [0.29, 0.717) is 5.69 Å². The van der Waals surface area contributed by atoms with Crippen molar-refractivity contribution in [1.29, 1.82) is 0 Å². The van der Waals surface area contributed by atoms with Crippen LogP contribution in [0, 0.1) is 17.8 Å². The molecular weight excluding hydrogens is 380 g/mol. The van der Waals surface area contributed by atoms with E-state index >= 15 is 0 Å². The summed E-state index contributed by atoms with van der Waals surface area (Å²) in [5.41, 5.74) is 0.429. The highest BCUT2D eigenvalue weighted by atomic mass is 19.3. The number of alkyl halides is 2. The number of halogens is 2. The van der Waals surface area contributed by atoms with Crippen molar-refractivity contribution in [3.05, 3.63) is 24.3 Å². The Morgan fingerprint density at radius 1 is 1.03 bits per heavy atom. The molecule has 4 aliphatic carbocycles. The van der Waals surface area contributed by atoms with Crippen molar-refractivity contribution in [3.8, 4) is 5.75 Å². The van der Waals surface area contributed by atoms with Crippen molar-refractivity contribution < 1.29 is 23.1 Å². The lowest BCUT2D eigenvalue weighted by molar-refractivity contribution is -0.116. The molecule has 0 heterocycles. The number of anilines is 1. The Hall–Kier alpha value is -2.38. The minimum absolute atomic E-state index is 0.0287. The Labute approximate surface area is 168 Å². The van der Waals surface area contributed by atoms with Crippen molar-refractivity contribution in [1.82, 2.24) is 10.6 Å². The Balaban J connectivity index is 1.18. The molecule has 158 valence electrons. The zero-order chi connectivity index (χ0) is 20.4. The summed E-state index contributed by atoms with van der Waals surface area (Å²) >= 11 is 0. The van der Waals surface area contributed by atoms with Gasteiger partial charge >= 0.3 is 12.6 Å². The lowest BCUT2D eigenvalue weighted by Gasteiger charge is -2.56. The molecule has 0 aliphatic heterocycles. The van der Waals surface area contributed by atoms with E-state index in [1.54, 1.807) is 0 Å². The van der Waals surface area contributed by atoms with Crippen LogP contribution in [-0.2, 0) is 4.79 Å². The van der Waals surface area contributed by atoms with E-state index < -0.39 is 6.61 Å². The Bertz CT molecular complexity index is 719. The summed E-state index contributed by atoms with van der Waals surface area (Å²) in [4.78, 5) is 24.4. The topological polar surface area (TPSA) is 79.5 Å². The van der Waals surface area contributed by atoms with Crippen LogP contribution in [0.25, 0.3) is 0 Å². The molecule has 4 bridgehead atoms. The molecule has 6 nitrogen and oxygen atoms in total. The minimum Gasteiger partial charge on any atom is -0.435 e. The van der Waals surface area contributed by atoms with E-state index in [2.05, 4.69) is 20.7 Å². The second kappa shape index (κ2) is 8.16. The molecule has 4 saturated carbocycles. The molecule has 0 atom stereocenters. The van der Waals surface area contributed by atoms with Gasteiger partial charge in [-0.15, -0.1) is 0 Å². The SMILES string of the molecule is O=C(CCNC(=O)NC12CC3CC(CC(C3)C1)C2)Nc1ccc(OC(F)F)cc1. The summed E-state index contributed by atoms with van der Waals surface area (Å²) in [5, 5.41) is 8.67. The second-order valence-electron chi connectivity index (χ2n) is 8.78. The first-order chi connectivity index (χ1) is 13.9. The first kappa shape index (κ1) is 19.9. The molecule has 29 heavy (non-hydrogen) atoms. The molecule has 0 saturated heterocycles. The van der Waals surface area contributed by atoms with Gasteiger partial charge in [0.1, 0.15) is 5.75 Å². The third-order valence-corrected chi connectivity index (χ3v) is 6.42. The average Bonchev–Trinajstić information content (AvgIpc) is 2.61. The fourth-order valence-electron chi connectivity index (χ4n) is 5.78. The lowest BCUT2D eigenvalue weighted by Crippen LogP contribution is -2.61.